The molecule has 0 amide bonds. The minimum atomic E-state index is -1.01. The van der Waals surface area contributed by atoms with Gasteiger partial charge in [-0.05, 0) is 30.7 Å². The summed E-state index contributed by atoms with van der Waals surface area (Å²) in [4.78, 5) is 22.8. The molecule has 0 saturated carbocycles. The first-order chi connectivity index (χ1) is 9.63. The van der Waals surface area contributed by atoms with Crippen LogP contribution in [0.5, 0.6) is 5.75 Å². The van der Waals surface area contributed by atoms with E-state index in [0.717, 1.165) is 25.7 Å². The normalized spacial score (nSPS) is 10.1. The SMILES string of the molecule is CCCCCCCOC(=O)C(=O)Oc1ccc(Cl)cc1. The Hall–Kier alpha value is -1.55. The van der Waals surface area contributed by atoms with Crippen LogP contribution < -0.4 is 4.74 Å². The molecule has 0 aliphatic rings. The van der Waals surface area contributed by atoms with Gasteiger partial charge in [-0.25, -0.2) is 9.59 Å². The first kappa shape index (κ1) is 16.5. The summed E-state index contributed by atoms with van der Waals surface area (Å²) in [6.07, 6.45) is 5.20. The Morgan fingerprint density at radius 2 is 1.65 bits per heavy atom. The molecule has 20 heavy (non-hydrogen) atoms. The Bertz CT molecular complexity index is 428. The maximum atomic E-state index is 11.4. The third-order valence-electron chi connectivity index (χ3n) is 2.67. The van der Waals surface area contributed by atoms with Crippen LogP contribution in [-0.2, 0) is 14.3 Å². The van der Waals surface area contributed by atoms with Gasteiger partial charge in [0.25, 0.3) is 0 Å². The zero-order valence-corrected chi connectivity index (χ0v) is 12.3. The maximum absolute atomic E-state index is 11.4. The number of halogens is 1. The van der Waals surface area contributed by atoms with Gasteiger partial charge in [-0.3, -0.25) is 0 Å². The molecule has 0 aliphatic carbocycles. The monoisotopic (exact) mass is 298 g/mol. The Balaban J connectivity index is 2.22. The molecule has 0 fully saturated rings. The molecule has 0 atom stereocenters. The molecule has 0 bridgehead atoms. The Morgan fingerprint density at radius 3 is 2.30 bits per heavy atom. The molecule has 0 radical (unpaired) electrons. The van der Waals surface area contributed by atoms with Crippen LogP contribution in [0, 0.1) is 0 Å². The zero-order valence-electron chi connectivity index (χ0n) is 11.6. The van der Waals surface area contributed by atoms with Crippen molar-refractivity contribution in [3.05, 3.63) is 29.3 Å². The highest BCUT2D eigenvalue weighted by Crippen LogP contribution is 2.15. The number of benzene rings is 1. The molecule has 110 valence electrons. The predicted molar refractivity (Wildman–Crippen MR) is 76.8 cm³/mol. The summed E-state index contributed by atoms with van der Waals surface area (Å²) in [6.45, 7) is 2.38. The van der Waals surface area contributed by atoms with E-state index in [4.69, 9.17) is 21.1 Å². The predicted octanol–water partition coefficient (Wildman–Crippen LogP) is 3.76. The molecule has 1 aromatic carbocycles. The van der Waals surface area contributed by atoms with Gasteiger partial charge < -0.3 is 9.47 Å². The molecule has 4 nitrogen and oxygen atoms in total. The fourth-order valence-corrected chi connectivity index (χ4v) is 1.71. The molecule has 0 saturated heterocycles. The van der Waals surface area contributed by atoms with Crippen molar-refractivity contribution < 1.29 is 19.1 Å². The van der Waals surface area contributed by atoms with Gasteiger partial charge in [0.2, 0.25) is 0 Å². The average Bonchev–Trinajstić information content (AvgIpc) is 2.45. The van der Waals surface area contributed by atoms with Crippen molar-refractivity contribution in [2.45, 2.75) is 39.0 Å². The number of esters is 2. The van der Waals surface area contributed by atoms with Gasteiger partial charge in [0, 0.05) is 5.02 Å². The van der Waals surface area contributed by atoms with Crippen LogP contribution in [-0.4, -0.2) is 18.5 Å². The Kier molecular flexibility index (Phi) is 7.73. The van der Waals surface area contributed by atoms with Crippen LogP contribution in [0.1, 0.15) is 39.0 Å². The summed E-state index contributed by atoms with van der Waals surface area (Å²) in [5, 5.41) is 0.527. The standard InChI is InChI=1S/C15H19ClO4/c1-2-3-4-5-6-11-19-14(17)15(18)20-13-9-7-12(16)8-10-13/h7-10H,2-6,11H2,1H3. The van der Waals surface area contributed by atoms with Gasteiger partial charge >= 0.3 is 11.9 Å². The third kappa shape index (κ3) is 6.57. The van der Waals surface area contributed by atoms with E-state index in [2.05, 4.69) is 6.92 Å². The Morgan fingerprint density at radius 1 is 1.00 bits per heavy atom. The summed E-state index contributed by atoms with van der Waals surface area (Å²) in [5.74, 6) is -1.71. The molecular weight excluding hydrogens is 280 g/mol. The van der Waals surface area contributed by atoms with Crippen molar-refractivity contribution in [3.8, 4) is 5.75 Å². The van der Waals surface area contributed by atoms with Gasteiger partial charge in [0.15, 0.2) is 0 Å². The topological polar surface area (TPSA) is 52.6 Å². The second-order valence-corrected chi connectivity index (χ2v) is 4.83. The lowest BCUT2D eigenvalue weighted by Crippen LogP contribution is -2.23. The molecule has 0 N–H and O–H groups in total. The molecule has 0 aromatic heterocycles. The lowest BCUT2D eigenvalue weighted by atomic mass is 10.2. The van der Waals surface area contributed by atoms with E-state index in [-0.39, 0.29) is 12.4 Å². The number of hydrogen-bond acceptors (Lipinski definition) is 4. The van der Waals surface area contributed by atoms with Crippen LogP contribution in [0.4, 0.5) is 0 Å². The Labute approximate surface area is 124 Å². The van der Waals surface area contributed by atoms with Crippen LogP contribution in [0.25, 0.3) is 0 Å². The van der Waals surface area contributed by atoms with Crippen molar-refractivity contribution in [3.63, 3.8) is 0 Å². The highest BCUT2D eigenvalue weighted by Gasteiger charge is 2.17. The minimum absolute atomic E-state index is 0.248. The second-order valence-electron chi connectivity index (χ2n) is 4.39. The second kappa shape index (κ2) is 9.37. The van der Waals surface area contributed by atoms with Gasteiger partial charge in [-0.2, -0.15) is 0 Å². The molecule has 0 aliphatic heterocycles. The zero-order chi connectivity index (χ0) is 14.8. The molecule has 0 heterocycles. The lowest BCUT2D eigenvalue weighted by Gasteiger charge is -2.05. The number of hydrogen-bond donors (Lipinski definition) is 0. The molecule has 1 rings (SSSR count). The van der Waals surface area contributed by atoms with E-state index in [1.54, 1.807) is 12.1 Å². The number of rotatable bonds is 7. The summed E-state index contributed by atoms with van der Waals surface area (Å²) in [7, 11) is 0. The molecular formula is C15H19ClO4. The summed E-state index contributed by atoms with van der Waals surface area (Å²) >= 11 is 5.70. The van der Waals surface area contributed by atoms with E-state index in [0.29, 0.717) is 5.02 Å². The van der Waals surface area contributed by atoms with Crippen molar-refractivity contribution in [1.29, 1.82) is 0 Å². The van der Waals surface area contributed by atoms with Crippen LogP contribution in [0.15, 0.2) is 24.3 Å². The average molecular weight is 299 g/mol. The van der Waals surface area contributed by atoms with E-state index < -0.39 is 11.9 Å². The fourth-order valence-electron chi connectivity index (χ4n) is 1.58. The number of carbonyl (C=O) groups excluding carboxylic acids is 2. The first-order valence-electron chi connectivity index (χ1n) is 6.78. The smallest absolute Gasteiger partial charge is 0.422 e. The number of carbonyl (C=O) groups is 2. The van der Waals surface area contributed by atoms with Crippen LogP contribution in [0.2, 0.25) is 5.02 Å². The summed E-state index contributed by atoms with van der Waals surface area (Å²) in [6, 6.07) is 6.17. The molecule has 1 aromatic rings. The number of unbranched alkanes of at least 4 members (excludes halogenated alkanes) is 4. The highest BCUT2D eigenvalue weighted by atomic mass is 35.5. The lowest BCUT2D eigenvalue weighted by molar-refractivity contribution is -0.162. The minimum Gasteiger partial charge on any atom is -0.457 e. The van der Waals surface area contributed by atoms with Crippen LogP contribution >= 0.6 is 11.6 Å². The summed E-state index contributed by atoms with van der Waals surface area (Å²) in [5.41, 5.74) is 0. The van der Waals surface area contributed by atoms with Crippen molar-refractivity contribution in [2.75, 3.05) is 6.61 Å². The molecule has 5 heteroatoms. The third-order valence-corrected chi connectivity index (χ3v) is 2.92. The molecule has 0 spiro atoms. The van der Waals surface area contributed by atoms with E-state index >= 15 is 0 Å². The first-order valence-corrected chi connectivity index (χ1v) is 7.15. The largest absolute Gasteiger partial charge is 0.457 e. The van der Waals surface area contributed by atoms with E-state index in [1.165, 1.54) is 18.6 Å². The van der Waals surface area contributed by atoms with Crippen molar-refractivity contribution in [2.24, 2.45) is 0 Å². The van der Waals surface area contributed by atoms with Gasteiger partial charge in [-0.1, -0.05) is 44.2 Å². The van der Waals surface area contributed by atoms with Crippen molar-refractivity contribution in [1.82, 2.24) is 0 Å². The van der Waals surface area contributed by atoms with Crippen molar-refractivity contribution >= 4 is 23.5 Å². The number of ether oxygens (including phenoxy) is 2. The highest BCUT2D eigenvalue weighted by molar-refractivity contribution is 6.31. The molecule has 0 unspecified atom stereocenters. The van der Waals surface area contributed by atoms with E-state index in [1.807, 2.05) is 0 Å². The van der Waals surface area contributed by atoms with Gasteiger partial charge in [0.05, 0.1) is 6.61 Å². The fraction of sp³-hybridized carbons (Fsp3) is 0.467. The van der Waals surface area contributed by atoms with E-state index in [9.17, 15) is 9.59 Å². The maximum Gasteiger partial charge on any atom is 0.422 e. The quantitative estimate of drug-likeness (QED) is 0.333. The summed E-state index contributed by atoms with van der Waals surface area (Å²) < 4.78 is 9.70. The van der Waals surface area contributed by atoms with Gasteiger partial charge in [-0.15, -0.1) is 0 Å². The van der Waals surface area contributed by atoms with Gasteiger partial charge in [0.1, 0.15) is 5.75 Å². The van der Waals surface area contributed by atoms with Crippen LogP contribution in [0.3, 0.4) is 0 Å².